The Labute approximate surface area is 96.7 Å². The van der Waals surface area contributed by atoms with Gasteiger partial charge in [0.15, 0.2) is 5.84 Å². The number of nitrogens with zero attached hydrogens (tertiary/aromatic N) is 2. The number of nitrogens with two attached hydrogens (primary N) is 2. The number of hydrogen-bond acceptors (Lipinski definition) is 4. The van der Waals surface area contributed by atoms with Gasteiger partial charge in [0.2, 0.25) is 0 Å². The number of amidine groups is 1. The second-order valence-electron chi connectivity index (χ2n) is 2.79. The molecule has 1 aromatic carbocycles. The lowest BCUT2D eigenvalue weighted by Crippen LogP contribution is -2.25. The fraction of sp³-hybridized carbons (Fsp3) is 0.364. The van der Waals surface area contributed by atoms with Crippen molar-refractivity contribution in [2.75, 3.05) is 14.2 Å². The number of benzene rings is 1. The minimum absolute atomic E-state index is 0.373. The first-order chi connectivity index (χ1) is 7.63. The molecule has 0 saturated heterocycles. The monoisotopic (exact) mass is 224 g/mol. The van der Waals surface area contributed by atoms with Crippen LogP contribution in [-0.2, 0) is 0 Å². The molecular weight excluding hydrogens is 204 g/mol. The first-order valence-corrected chi connectivity index (χ1v) is 5.10. The molecule has 0 spiro atoms. The summed E-state index contributed by atoms with van der Waals surface area (Å²) in [6.45, 7) is 4.00. The molecule has 0 aliphatic carbocycles. The molecular formula is C11H20N4O. The van der Waals surface area contributed by atoms with Crippen molar-refractivity contribution in [3.05, 3.63) is 29.8 Å². The third-order valence-electron chi connectivity index (χ3n) is 1.65. The predicted octanol–water partition coefficient (Wildman–Crippen LogP) is 1.15. The number of ether oxygens (including phenoxy) is 1. The van der Waals surface area contributed by atoms with Gasteiger partial charge in [-0.05, 0) is 24.3 Å². The SMILES string of the molecule is CC.COc1ccc(/C(N)=N/N(C)N)cc1. The van der Waals surface area contributed by atoms with Crippen LogP contribution in [0.5, 0.6) is 5.75 Å². The summed E-state index contributed by atoms with van der Waals surface area (Å²) >= 11 is 0. The Hall–Kier alpha value is -1.75. The molecule has 1 aromatic rings. The average Bonchev–Trinajstić information content (AvgIpc) is 2.31. The van der Waals surface area contributed by atoms with Gasteiger partial charge in [-0.15, -0.1) is 5.10 Å². The van der Waals surface area contributed by atoms with Crippen LogP contribution in [0.3, 0.4) is 0 Å². The normalized spacial score (nSPS) is 10.2. The van der Waals surface area contributed by atoms with Gasteiger partial charge in [-0.2, -0.15) is 0 Å². The van der Waals surface area contributed by atoms with Crippen molar-refractivity contribution < 1.29 is 4.74 Å². The fourth-order valence-corrected chi connectivity index (χ4v) is 0.989. The van der Waals surface area contributed by atoms with E-state index in [1.165, 1.54) is 5.12 Å². The van der Waals surface area contributed by atoms with E-state index in [1.54, 1.807) is 14.2 Å². The molecule has 0 fully saturated rings. The van der Waals surface area contributed by atoms with Crippen molar-refractivity contribution in [3.8, 4) is 5.75 Å². The Balaban J connectivity index is 0.00000106. The van der Waals surface area contributed by atoms with Gasteiger partial charge in [0.25, 0.3) is 0 Å². The van der Waals surface area contributed by atoms with Gasteiger partial charge < -0.3 is 10.5 Å². The number of methoxy groups -OCH3 is 1. The van der Waals surface area contributed by atoms with Gasteiger partial charge in [-0.1, -0.05) is 13.8 Å². The summed E-state index contributed by atoms with van der Waals surface area (Å²) < 4.78 is 5.01. The second-order valence-corrected chi connectivity index (χ2v) is 2.79. The summed E-state index contributed by atoms with van der Waals surface area (Å²) in [5.74, 6) is 6.48. The van der Waals surface area contributed by atoms with E-state index in [2.05, 4.69) is 5.10 Å². The van der Waals surface area contributed by atoms with Crippen LogP contribution in [0.25, 0.3) is 0 Å². The molecule has 0 saturated carbocycles. The minimum Gasteiger partial charge on any atom is -0.497 e. The van der Waals surface area contributed by atoms with E-state index in [9.17, 15) is 0 Å². The van der Waals surface area contributed by atoms with Crippen LogP contribution in [0.4, 0.5) is 0 Å². The molecule has 0 amide bonds. The highest BCUT2D eigenvalue weighted by Gasteiger charge is 1.99. The van der Waals surface area contributed by atoms with E-state index in [4.69, 9.17) is 16.3 Å². The van der Waals surface area contributed by atoms with E-state index in [0.717, 1.165) is 11.3 Å². The third kappa shape index (κ3) is 4.65. The molecule has 4 N–H and O–H groups in total. The fourth-order valence-electron chi connectivity index (χ4n) is 0.989. The molecule has 0 heterocycles. The van der Waals surface area contributed by atoms with Crippen LogP contribution >= 0.6 is 0 Å². The Morgan fingerprint density at radius 2 is 1.75 bits per heavy atom. The number of hydrazone groups is 1. The predicted molar refractivity (Wildman–Crippen MR) is 67.0 cm³/mol. The smallest absolute Gasteiger partial charge is 0.152 e. The third-order valence-corrected chi connectivity index (χ3v) is 1.65. The average molecular weight is 224 g/mol. The highest BCUT2D eigenvalue weighted by atomic mass is 16.5. The van der Waals surface area contributed by atoms with Gasteiger partial charge in [-0.25, -0.2) is 11.0 Å². The summed E-state index contributed by atoms with van der Waals surface area (Å²) in [5.41, 5.74) is 6.48. The quantitative estimate of drug-likeness (QED) is 0.349. The first kappa shape index (κ1) is 14.2. The Bertz CT molecular complexity index is 319. The van der Waals surface area contributed by atoms with Crippen LogP contribution in [0.15, 0.2) is 29.4 Å². The van der Waals surface area contributed by atoms with Crippen molar-refractivity contribution in [2.24, 2.45) is 16.7 Å². The van der Waals surface area contributed by atoms with Crippen LogP contribution in [0, 0.1) is 0 Å². The summed E-state index contributed by atoms with van der Waals surface area (Å²) in [7, 11) is 3.22. The molecule has 0 aromatic heterocycles. The molecule has 1 rings (SSSR count). The van der Waals surface area contributed by atoms with Crippen molar-refractivity contribution in [3.63, 3.8) is 0 Å². The van der Waals surface area contributed by atoms with Gasteiger partial charge in [0, 0.05) is 12.6 Å². The van der Waals surface area contributed by atoms with Crippen LogP contribution in [-0.4, -0.2) is 25.1 Å². The van der Waals surface area contributed by atoms with Crippen LogP contribution < -0.4 is 16.3 Å². The zero-order valence-corrected chi connectivity index (χ0v) is 10.3. The maximum Gasteiger partial charge on any atom is 0.152 e. The zero-order valence-electron chi connectivity index (χ0n) is 10.3. The number of hydrogen-bond donors (Lipinski definition) is 2. The van der Waals surface area contributed by atoms with Crippen molar-refractivity contribution in [1.29, 1.82) is 0 Å². The highest BCUT2D eigenvalue weighted by molar-refractivity contribution is 5.97. The molecule has 0 radical (unpaired) electrons. The maximum absolute atomic E-state index is 5.67. The summed E-state index contributed by atoms with van der Waals surface area (Å²) in [5, 5.41) is 5.03. The van der Waals surface area contributed by atoms with Gasteiger partial charge in [-0.3, -0.25) is 0 Å². The second kappa shape index (κ2) is 7.53. The minimum atomic E-state index is 0.373. The lowest BCUT2D eigenvalue weighted by atomic mass is 10.2. The van der Waals surface area contributed by atoms with Crippen molar-refractivity contribution in [2.45, 2.75) is 13.8 Å². The number of rotatable bonds is 3. The molecule has 90 valence electrons. The molecule has 0 atom stereocenters. The molecule has 0 bridgehead atoms. The largest absolute Gasteiger partial charge is 0.497 e. The molecule has 5 heteroatoms. The van der Waals surface area contributed by atoms with E-state index >= 15 is 0 Å². The Morgan fingerprint density at radius 3 is 2.12 bits per heavy atom. The molecule has 0 unspecified atom stereocenters. The van der Waals surface area contributed by atoms with E-state index in [-0.39, 0.29) is 0 Å². The van der Waals surface area contributed by atoms with E-state index in [1.807, 2.05) is 38.1 Å². The lowest BCUT2D eigenvalue weighted by Gasteiger charge is -2.07. The summed E-state index contributed by atoms with van der Waals surface area (Å²) in [6.07, 6.45) is 0. The Morgan fingerprint density at radius 1 is 1.25 bits per heavy atom. The summed E-state index contributed by atoms with van der Waals surface area (Å²) in [6, 6.07) is 7.27. The molecule has 0 aliphatic rings. The van der Waals surface area contributed by atoms with Gasteiger partial charge in [0.1, 0.15) is 5.75 Å². The van der Waals surface area contributed by atoms with Crippen molar-refractivity contribution in [1.82, 2.24) is 5.12 Å². The van der Waals surface area contributed by atoms with Crippen molar-refractivity contribution >= 4 is 5.84 Å². The maximum atomic E-state index is 5.67. The molecule has 5 nitrogen and oxygen atoms in total. The zero-order chi connectivity index (χ0) is 12.6. The molecule has 0 aliphatic heterocycles. The molecule has 16 heavy (non-hydrogen) atoms. The van der Waals surface area contributed by atoms with E-state index in [0.29, 0.717) is 5.84 Å². The van der Waals surface area contributed by atoms with Crippen LogP contribution in [0.2, 0.25) is 0 Å². The number of hydrazine groups is 1. The summed E-state index contributed by atoms with van der Waals surface area (Å²) in [4.78, 5) is 0. The Kier molecular flexibility index (Phi) is 6.71. The van der Waals surface area contributed by atoms with Gasteiger partial charge in [0.05, 0.1) is 7.11 Å². The first-order valence-electron chi connectivity index (χ1n) is 5.10. The topological polar surface area (TPSA) is 76.9 Å². The van der Waals surface area contributed by atoms with E-state index < -0.39 is 0 Å². The van der Waals surface area contributed by atoms with Gasteiger partial charge >= 0.3 is 0 Å². The standard InChI is InChI=1S/C9H14N4O.C2H6/c1-13(11)12-9(10)7-3-5-8(14-2)6-4-7;1-2/h3-6H,11H2,1-2H3,(H2,10,12);1-2H3. The lowest BCUT2D eigenvalue weighted by molar-refractivity contribution is 0.371. The highest BCUT2D eigenvalue weighted by Crippen LogP contribution is 2.10. The van der Waals surface area contributed by atoms with Crippen LogP contribution in [0.1, 0.15) is 19.4 Å².